The van der Waals surface area contributed by atoms with Crippen molar-refractivity contribution >= 4 is 0 Å². The number of hydrogen-bond acceptors (Lipinski definition) is 1. The van der Waals surface area contributed by atoms with Crippen molar-refractivity contribution in [2.45, 2.75) is 13.0 Å². The van der Waals surface area contributed by atoms with Crippen LogP contribution in [0, 0.1) is 0 Å². The summed E-state index contributed by atoms with van der Waals surface area (Å²) in [6.07, 6.45) is 0.853. The summed E-state index contributed by atoms with van der Waals surface area (Å²) in [5.74, 6) is 0.969. The fraction of sp³-hybridized carbons (Fsp3) is 0.0769. The van der Waals surface area contributed by atoms with Crippen molar-refractivity contribution in [3.05, 3.63) is 126 Å². The molecule has 1 nitrogen and oxygen atoms in total. The molecule has 0 saturated carbocycles. The van der Waals surface area contributed by atoms with Gasteiger partial charge in [-0.1, -0.05) is 109 Å². The topological polar surface area (TPSA) is 9.23 Å². The van der Waals surface area contributed by atoms with E-state index in [4.69, 9.17) is 4.74 Å². The summed E-state index contributed by atoms with van der Waals surface area (Å²) in [6.45, 7) is 0.562. The van der Waals surface area contributed by atoms with Crippen molar-refractivity contribution in [3.8, 4) is 16.9 Å². The van der Waals surface area contributed by atoms with Gasteiger partial charge in [0.25, 0.3) is 0 Å². The molecule has 0 spiro atoms. The Bertz CT molecular complexity index is 976. The molecule has 132 valence electrons. The highest BCUT2D eigenvalue weighted by molar-refractivity contribution is 5.72. The van der Waals surface area contributed by atoms with Gasteiger partial charge in [-0.05, 0) is 22.3 Å². The van der Waals surface area contributed by atoms with Crippen LogP contribution in [0.1, 0.15) is 16.7 Å². The van der Waals surface area contributed by atoms with E-state index in [1.807, 2.05) is 24.3 Å². The molecule has 0 amide bonds. The molecular formula is C26H22O. The van der Waals surface area contributed by atoms with Crippen LogP contribution in [0.25, 0.3) is 11.1 Å². The molecule has 4 aromatic rings. The summed E-state index contributed by atoms with van der Waals surface area (Å²) >= 11 is 0. The van der Waals surface area contributed by atoms with Crippen molar-refractivity contribution in [3.63, 3.8) is 0 Å². The Labute approximate surface area is 160 Å². The zero-order valence-corrected chi connectivity index (χ0v) is 15.2. The van der Waals surface area contributed by atoms with Crippen LogP contribution < -0.4 is 4.74 Å². The molecule has 0 aliphatic heterocycles. The third-order valence-electron chi connectivity index (χ3n) is 4.64. The highest BCUT2D eigenvalue weighted by atomic mass is 16.5. The van der Waals surface area contributed by atoms with E-state index < -0.39 is 0 Å². The molecule has 0 aliphatic rings. The lowest BCUT2D eigenvalue weighted by atomic mass is 9.97. The van der Waals surface area contributed by atoms with E-state index in [9.17, 15) is 0 Å². The first kappa shape index (κ1) is 17.1. The van der Waals surface area contributed by atoms with Crippen LogP contribution in [-0.4, -0.2) is 0 Å². The van der Waals surface area contributed by atoms with Gasteiger partial charge in [0.05, 0.1) is 0 Å². The normalized spacial score (nSPS) is 10.5. The Balaban J connectivity index is 1.71. The van der Waals surface area contributed by atoms with Crippen LogP contribution >= 0.6 is 0 Å². The molecule has 0 aromatic heterocycles. The predicted octanol–water partition coefficient (Wildman–Crippen LogP) is 6.52. The molecule has 0 bridgehead atoms. The van der Waals surface area contributed by atoms with Gasteiger partial charge in [0.15, 0.2) is 0 Å². The van der Waals surface area contributed by atoms with Gasteiger partial charge in [0, 0.05) is 12.0 Å². The zero-order chi connectivity index (χ0) is 18.3. The molecule has 0 radical (unpaired) electrons. The summed E-state index contributed by atoms with van der Waals surface area (Å²) in [4.78, 5) is 0. The lowest BCUT2D eigenvalue weighted by Crippen LogP contribution is -2.01. The minimum absolute atomic E-state index is 0.562. The number of rotatable bonds is 6. The Hall–Kier alpha value is -3.32. The minimum Gasteiger partial charge on any atom is -0.488 e. The van der Waals surface area contributed by atoms with Crippen LogP contribution in [0.15, 0.2) is 109 Å². The number of hydrogen-bond donors (Lipinski definition) is 0. The minimum atomic E-state index is 0.562. The monoisotopic (exact) mass is 350 g/mol. The highest BCUT2D eigenvalue weighted by Gasteiger charge is 2.12. The third kappa shape index (κ3) is 4.27. The van der Waals surface area contributed by atoms with Crippen LogP contribution in [0.3, 0.4) is 0 Å². The van der Waals surface area contributed by atoms with Gasteiger partial charge in [-0.3, -0.25) is 0 Å². The summed E-state index contributed by atoms with van der Waals surface area (Å²) in [5, 5.41) is 0. The van der Waals surface area contributed by atoms with E-state index in [1.165, 1.54) is 22.3 Å². The quantitative estimate of drug-likeness (QED) is 0.384. The first-order valence-electron chi connectivity index (χ1n) is 9.28. The van der Waals surface area contributed by atoms with E-state index in [0.29, 0.717) is 6.61 Å². The van der Waals surface area contributed by atoms with Crippen molar-refractivity contribution in [2.24, 2.45) is 0 Å². The Morgan fingerprint density at radius 3 is 1.78 bits per heavy atom. The average molecular weight is 350 g/mol. The van der Waals surface area contributed by atoms with Gasteiger partial charge in [-0.15, -0.1) is 0 Å². The van der Waals surface area contributed by atoms with Crippen LogP contribution in [-0.2, 0) is 13.0 Å². The van der Waals surface area contributed by atoms with Gasteiger partial charge in [0.1, 0.15) is 12.4 Å². The average Bonchev–Trinajstić information content (AvgIpc) is 2.75. The van der Waals surface area contributed by atoms with Crippen molar-refractivity contribution in [1.82, 2.24) is 0 Å². The van der Waals surface area contributed by atoms with Crippen molar-refractivity contribution in [2.75, 3.05) is 0 Å². The maximum Gasteiger partial charge on any atom is 0.131 e. The second-order valence-corrected chi connectivity index (χ2v) is 6.60. The second-order valence-electron chi connectivity index (χ2n) is 6.60. The Morgan fingerprint density at radius 2 is 1.11 bits per heavy atom. The molecule has 0 unspecified atom stereocenters. The van der Waals surface area contributed by atoms with Gasteiger partial charge in [-0.25, -0.2) is 0 Å². The van der Waals surface area contributed by atoms with E-state index >= 15 is 0 Å². The standard InChI is InChI=1S/C26H22O/c1-4-11-21(12-5-1)19-24-17-10-18-25(23-15-8-3-9-16-23)26(24)27-20-22-13-6-2-7-14-22/h1-18H,19-20H2. The molecule has 4 aromatic carbocycles. The molecule has 0 heterocycles. The summed E-state index contributed by atoms with van der Waals surface area (Å²) < 4.78 is 6.38. The first-order chi connectivity index (χ1) is 13.4. The lowest BCUT2D eigenvalue weighted by Gasteiger charge is -2.17. The fourth-order valence-corrected chi connectivity index (χ4v) is 3.29. The molecule has 0 atom stereocenters. The van der Waals surface area contributed by atoms with Crippen molar-refractivity contribution < 1.29 is 4.74 Å². The SMILES string of the molecule is c1ccc(COc2c(Cc3ccccc3)cccc2-c2ccccc2)cc1. The summed E-state index contributed by atoms with van der Waals surface area (Å²) in [7, 11) is 0. The molecule has 0 aliphatic carbocycles. The van der Waals surface area contributed by atoms with Gasteiger partial charge < -0.3 is 4.74 Å². The van der Waals surface area contributed by atoms with Crippen LogP contribution in [0.4, 0.5) is 0 Å². The smallest absolute Gasteiger partial charge is 0.131 e. The van der Waals surface area contributed by atoms with Crippen molar-refractivity contribution in [1.29, 1.82) is 0 Å². The van der Waals surface area contributed by atoms with E-state index in [1.54, 1.807) is 0 Å². The molecule has 1 heteroatoms. The van der Waals surface area contributed by atoms with Crippen LogP contribution in [0.2, 0.25) is 0 Å². The zero-order valence-electron chi connectivity index (χ0n) is 15.2. The lowest BCUT2D eigenvalue weighted by molar-refractivity contribution is 0.305. The largest absolute Gasteiger partial charge is 0.488 e. The molecule has 4 rings (SSSR count). The van der Waals surface area contributed by atoms with E-state index in [0.717, 1.165) is 17.7 Å². The number of para-hydroxylation sites is 1. The Kier molecular flexibility index (Phi) is 5.31. The van der Waals surface area contributed by atoms with Gasteiger partial charge in [0.2, 0.25) is 0 Å². The van der Waals surface area contributed by atoms with E-state index in [2.05, 4.69) is 84.9 Å². The summed E-state index contributed by atoms with van der Waals surface area (Å²) in [6, 6.07) is 37.8. The Morgan fingerprint density at radius 1 is 0.519 bits per heavy atom. The first-order valence-corrected chi connectivity index (χ1v) is 9.28. The van der Waals surface area contributed by atoms with Gasteiger partial charge >= 0.3 is 0 Å². The molecule has 27 heavy (non-hydrogen) atoms. The maximum atomic E-state index is 6.38. The fourth-order valence-electron chi connectivity index (χ4n) is 3.29. The van der Waals surface area contributed by atoms with Gasteiger partial charge in [-0.2, -0.15) is 0 Å². The maximum absolute atomic E-state index is 6.38. The second kappa shape index (κ2) is 8.37. The molecular weight excluding hydrogens is 328 g/mol. The number of benzene rings is 4. The highest BCUT2D eigenvalue weighted by Crippen LogP contribution is 2.35. The molecule has 0 saturated heterocycles. The summed E-state index contributed by atoms with van der Waals surface area (Å²) in [5.41, 5.74) is 5.98. The van der Waals surface area contributed by atoms with Crippen LogP contribution in [0.5, 0.6) is 5.75 Å². The number of ether oxygens (including phenoxy) is 1. The predicted molar refractivity (Wildman–Crippen MR) is 112 cm³/mol. The molecule has 0 fully saturated rings. The molecule has 0 N–H and O–H groups in total. The third-order valence-corrected chi connectivity index (χ3v) is 4.64. The van der Waals surface area contributed by atoms with E-state index in [-0.39, 0.29) is 0 Å².